The Hall–Kier alpha value is -1.27. The van der Waals surface area contributed by atoms with Gasteiger partial charge in [0.05, 0.1) is 4.47 Å². The Labute approximate surface area is 137 Å². The lowest BCUT2D eigenvalue weighted by molar-refractivity contribution is -0.150. The Kier molecular flexibility index (Phi) is 8.15. The molecule has 7 heteroatoms. The van der Waals surface area contributed by atoms with Crippen LogP contribution in [0, 0.1) is 0 Å². The molecule has 1 aromatic rings. The number of nitrogens with one attached hydrogen (secondary N) is 1. The summed E-state index contributed by atoms with van der Waals surface area (Å²) in [6.07, 6.45) is 1.89. The topological polar surface area (TPSA) is 64.6 Å². The summed E-state index contributed by atoms with van der Waals surface area (Å²) >= 11 is 9.06. The van der Waals surface area contributed by atoms with Crippen LogP contribution >= 0.6 is 27.5 Å². The summed E-state index contributed by atoms with van der Waals surface area (Å²) in [5, 5.41) is 3.21. The summed E-state index contributed by atoms with van der Waals surface area (Å²) in [6.45, 7) is 2.04. The predicted octanol–water partition coefficient (Wildman–Crippen LogP) is 2.94. The molecule has 0 radical (unpaired) electrons. The summed E-state index contributed by atoms with van der Waals surface area (Å²) in [6, 6.07) is 4.94. The van der Waals surface area contributed by atoms with Crippen LogP contribution in [0.3, 0.4) is 0 Å². The number of hydrogen-bond acceptors (Lipinski definition) is 4. The number of benzene rings is 1. The molecule has 21 heavy (non-hydrogen) atoms. The van der Waals surface area contributed by atoms with Crippen molar-refractivity contribution in [3.8, 4) is 5.75 Å². The molecule has 0 aliphatic rings. The van der Waals surface area contributed by atoms with Gasteiger partial charge in [-0.15, -0.1) is 0 Å². The van der Waals surface area contributed by atoms with Gasteiger partial charge in [0.2, 0.25) is 0 Å². The average molecular weight is 379 g/mol. The molecule has 116 valence electrons. The fraction of sp³-hybridized carbons (Fsp3) is 0.429. The minimum atomic E-state index is -0.609. The molecule has 0 atom stereocenters. The number of ether oxygens (including phenoxy) is 2. The van der Waals surface area contributed by atoms with Crippen molar-refractivity contribution < 1.29 is 19.1 Å². The van der Waals surface area contributed by atoms with Gasteiger partial charge < -0.3 is 14.8 Å². The van der Waals surface area contributed by atoms with Crippen molar-refractivity contribution in [3.63, 3.8) is 0 Å². The van der Waals surface area contributed by atoms with E-state index in [2.05, 4.69) is 21.2 Å². The molecule has 0 saturated heterocycles. The molecule has 0 saturated carbocycles. The molecule has 0 fully saturated rings. The number of hydrogen-bond donors (Lipinski definition) is 1. The van der Waals surface area contributed by atoms with Crippen molar-refractivity contribution in [3.05, 3.63) is 27.7 Å². The standard InChI is InChI=1S/C14H17BrClNO4/c1-2-3-6-17-13(18)8-21-14(19)9-20-12-5-4-10(16)7-11(12)15/h4-5,7H,2-3,6,8-9H2,1H3,(H,17,18). The third-order valence-electron chi connectivity index (χ3n) is 2.46. The molecule has 0 aliphatic carbocycles. The molecular weight excluding hydrogens is 362 g/mol. The number of halogens is 2. The van der Waals surface area contributed by atoms with E-state index >= 15 is 0 Å². The lowest BCUT2D eigenvalue weighted by atomic mass is 10.3. The third-order valence-corrected chi connectivity index (χ3v) is 3.31. The molecule has 0 bridgehead atoms. The number of rotatable bonds is 8. The van der Waals surface area contributed by atoms with Crippen LogP contribution in [-0.2, 0) is 14.3 Å². The third kappa shape index (κ3) is 7.34. The first kappa shape index (κ1) is 17.8. The second-order valence-corrected chi connectivity index (χ2v) is 5.52. The summed E-state index contributed by atoms with van der Waals surface area (Å²) in [5.41, 5.74) is 0. The summed E-state index contributed by atoms with van der Waals surface area (Å²) in [5.74, 6) is -0.448. The second-order valence-electron chi connectivity index (χ2n) is 4.23. The Bertz CT molecular complexity index is 496. The first-order chi connectivity index (χ1) is 10.0. The molecule has 1 aromatic carbocycles. The van der Waals surface area contributed by atoms with Gasteiger partial charge in [0, 0.05) is 11.6 Å². The molecule has 1 N–H and O–H groups in total. The van der Waals surface area contributed by atoms with Crippen molar-refractivity contribution in [2.24, 2.45) is 0 Å². The number of esters is 1. The van der Waals surface area contributed by atoms with Crippen molar-refractivity contribution in [1.29, 1.82) is 0 Å². The number of unbranched alkanes of at least 4 members (excludes halogenated alkanes) is 1. The summed E-state index contributed by atoms with van der Waals surface area (Å²) in [7, 11) is 0. The normalized spacial score (nSPS) is 10.0. The smallest absolute Gasteiger partial charge is 0.344 e. The molecule has 1 rings (SSSR count). The van der Waals surface area contributed by atoms with Crippen molar-refractivity contribution in [2.75, 3.05) is 19.8 Å². The molecule has 0 aromatic heterocycles. The second kappa shape index (κ2) is 9.63. The van der Waals surface area contributed by atoms with Crippen molar-refractivity contribution in [1.82, 2.24) is 5.32 Å². The maximum absolute atomic E-state index is 11.5. The van der Waals surface area contributed by atoms with Crippen LogP contribution in [0.1, 0.15) is 19.8 Å². The van der Waals surface area contributed by atoms with E-state index in [0.717, 1.165) is 12.8 Å². The van der Waals surface area contributed by atoms with E-state index in [4.69, 9.17) is 21.1 Å². The SMILES string of the molecule is CCCCNC(=O)COC(=O)COc1ccc(Cl)cc1Br. The van der Waals surface area contributed by atoms with Gasteiger partial charge in [-0.2, -0.15) is 0 Å². The van der Waals surface area contributed by atoms with E-state index in [-0.39, 0.29) is 19.1 Å². The number of carbonyl (C=O) groups is 2. The van der Waals surface area contributed by atoms with Gasteiger partial charge in [-0.25, -0.2) is 4.79 Å². The lowest BCUT2D eigenvalue weighted by Gasteiger charge is -2.09. The average Bonchev–Trinajstić information content (AvgIpc) is 2.44. The lowest BCUT2D eigenvalue weighted by Crippen LogP contribution is -2.30. The highest BCUT2D eigenvalue weighted by Crippen LogP contribution is 2.27. The maximum atomic E-state index is 11.5. The van der Waals surface area contributed by atoms with Crippen LogP contribution in [0.25, 0.3) is 0 Å². The fourth-order valence-electron chi connectivity index (χ4n) is 1.37. The zero-order valence-corrected chi connectivity index (χ0v) is 14.0. The van der Waals surface area contributed by atoms with Gasteiger partial charge in [-0.05, 0) is 40.5 Å². The molecule has 0 unspecified atom stereocenters. The molecule has 1 amide bonds. The Morgan fingerprint density at radius 3 is 2.76 bits per heavy atom. The fourth-order valence-corrected chi connectivity index (χ4v) is 2.17. The van der Waals surface area contributed by atoms with Crippen molar-refractivity contribution in [2.45, 2.75) is 19.8 Å². The van der Waals surface area contributed by atoms with Crippen LogP contribution in [0.4, 0.5) is 0 Å². The van der Waals surface area contributed by atoms with E-state index in [9.17, 15) is 9.59 Å². The highest BCUT2D eigenvalue weighted by atomic mass is 79.9. The zero-order chi connectivity index (χ0) is 15.7. The van der Waals surface area contributed by atoms with E-state index in [1.165, 1.54) is 0 Å². The van der Waals surface area contributed by atoms with Gasteiger partial charge in [0.1, 0.15) is 5.75 Å². The largest absolute Gasteiger partial charge is 0.481 e. The highest BCUT2D eigenvalue weighted by molar-refractivity contribution is 9.10. The van der Waals surface area contributed by atoms with Crippen LogP contribution in [0.5, 0.6) is 5.75 Å². The highest BCUT2D eigenvalue weighted by Gasteiger charge is 2.09. The Morgan fingerprint density at radius 2 is 2.10 bits per heavy atom. The van der Waals surface area contributed by atoms with E-state index in [0.29, 0.717) is 21.8 Å². The summed E-state index contributed by atoms with van der Waals surface area (Å²) in [4.78, 5) is 22.8. The predicted molar refractivity (Wildman–Crippen MR) is 83.5 cm³/mol. The van der Waals surface area contributed by atoms with Gasteiger partial charge in [-0.3, -0.25) is 4.79 Å². The molecule has 0 aliphatic heterocycles. The van der Waals surface area contributed by atoms with Crippen LogP contribution in [0.15, 0.2) is 22.7 Å². The van der Waals surface area contributed by atoms with Gasteiger partial charge in [0.25, 0.3) is 5.91 Å². The van der Waals surface area contributed by atoms with Crippen molar-refractivity contribution >= 4 is 39.4 Å². The summed E-state index contributed by atoms with van der Waals surface area (Å²) < 4.78 is 10.7. The molecule has 5 nitrogen and oxygen atoms in total. The molecule has 0 spiro atoms. The minimum Gasteiger partial charge on any atom is -0.481 e. The number of amides is 1. The van der Waals surface area contributed by atoms with E-state index < -0.39 is 5.97 Å². The van der Waals surface area contributed by atoms with E-state index in [1.807, 2.05) is 6.92 Å². The monoisotopic (exact) mass is 377 g/mol. The number of carbonyl (C=O) groups excluding carboxylic acids is 2. The van der Waals surface area contributed by atoms with Gasteiger partial charge in [-0.1, -0.05) is 24.9 Å². The van der Waals surface area contributed by atoms with Crippen LogP contribution in [0.2, 0.25) is 5.02 Å². The van der Waals surface area contributed by atoms with E-state index in [1.54, 1.807) is 18.2 Å². The Balaban J connectivity index is 2.26. The van der Waals surface area contributed by atoms with Gasteiger partial charge >= 0.3 is 5.97 Å². The molecule has 0 heterocycles. The van der Waals surface area contributed by atoms with Crippen LogP contribution < -0.4 is 10.1 Å². The quantitative estimate of drug-likeness (QED) is 0.558. The minimum absolute atomic E-state index is 0.275. The maximum Gasteiger partial charge on any atom is 0.344 e. The van der Waals surface area contributed by atoms with Crippen LogP contribution in [-0.4, -0.2) is 31.6 Å². The molecular formula is C14H17BrClNO4. The Morgan fingerprint density at radius 1 is 1.33 bits per heavy atom. The first-order valence-electron chi connectivity index (χ1n) is 6.53. The first-order valence-corrected chi connectivity index (χ1v) is 7.70. The van der Waals surface area contributed by atoms with Gasteiger partial charge in [0.15, 0.2) is 13.2 Å². The zero-order valence-electron chi connectivity index (χ0n) is 11.7.